The number of urea groups is 1. The normalized spacial score (nSPS) is 21.4. The van der Waals surface area contributed by atoms with Gasteiger partial charge in [-0.2, -0.15) is 5.11 Å². The smallest absolute Gasteiger partial charge is 0.319 e. The minimum Gasteiger partial charge on any atom is -0.334 e. The van der Waals surface area contributed by atoms with Crippen LogP contribution in [0.25, 0.3) is 0 Å². The fraction of sp³-hybridized carbons (Fsp3) is 0.429. The zero-order valence-corrected chi connectivity index (χ0v) is 11.9. The van der Waals surface area contributed by atoms with E-state index in [1.165, 1.54) is 0 Å². The molecule has 110 valence electrons. The number of nitrogens with zero attached hydrogens (tertiary/aromatic N) is 4. The van der Waals surface area contributed by atoms with Crippen molar-refractivity contribution in [1.29, 1.82) is 0 Å². The fourth-order valence-electron chi connectivity index (χ4n) is 2.55. The largest absolute Gasteiger partial charge is 0.334 e. The van der Waals surface area contributed by atoms with Crippen molar-refractivity contribution < 1.29 is 4.79 Å². The van der Waals surface area contributed by atoms with Gasteiger partial charge in [0.05, 0.1) is 5.71 Å². The van der Waals surface area contributed by atoms with Crippen molar-refractivity contribution in [2.75, 3.05) is 32.0 Å². The molecule has 2 N–H and O–H groups in total. The van der Waals surface area contributed by atoms with Crippen LogP contribution in [0.15, 0.2) is 39.7 Å². The third kappa shape index (κ3) is 3.43. The molecule has 0 aromatic heterocycles. The Kier molecular flexibility index (Phi) is 3.92. The van der Waals surface area contributed by atoms with Gasteiger partial charge in [-0.05, 0) is 37.4 Å². The van der Waals surface area contributed by atoms with Crippen molar-refractivity contribution in [3.8, 4) is 0 Å². The van der Waals surface area contributed by atoms with Crippen LogP contribution in [0.2, 0.25) is 0 Å². The van der Waals surface area contributed by atoms with Crippen LogP contribution in [0.4, 0.5) is 10.5 Å². The highest BCUT2D eigenvalue weighted by Crippen LogP contribution is 2.14. The number of nitrogens with one attached hydrogen (secondary N) is 2. The van der Waals surface area contributed by atoms with E-state index in [0.717, 1.165) is 36.5 Å². The highest BCUT2D eigenvalue weighted by molar-refractivity contribution is 6.03. The predicted molar refractivity (Wildman–Crippen MR) is 80.8 cm³/mol. The van der Waals surface area contributed by atoms with Gasteiger partial charge in [0.1, 0.15) is 6.54 Å². The van der Waals surface area contributed by atoms with Crippen molar-refractivity contribution >= 4 is 17.4 Å². The molecule has 21 heavy (non-hydrogen) atoms. The number of carbonyl (C=O) groups is 1. The third-order valence-corrected chi connectivity index (χ3v) is 3.63. The van der Waals surface area contributed by atoms with Crippen molar-refractivity contribution in [3.63, 3.8) is 0 Å². The number of likely N-dealkylation sites (N-methyl/N-ethyl adjacent to an activating group) is 1. The molecular formula is C14H18N6O. The van der Waals surface area contributed by atoms with Crippen LogP contribution in [0.1, 0.15) is 12.0 Å². The molecular weight excluding hydrogens is 268 g/mol. The number of likely N-dealkylation sites (tertiary alicyclic amines) is 1. The Morgan fingerprint density at radius 3 is 3.05 bits per heavy atom. The summed E-state index contributed by atoms with van der Waals surface area (Å²) in [6.45, 7) is 2.41. The lowest BCUT2D eigenvalue weighted by molar-refractivity contribution is 0.248. The van der Waals surface area contributed by atoms with Gasteiger partial charge in [-0.1, -0.05) is 12.1 Å². The maximum absolute atomic E-state index is 12.0. The topological polar surface area (TPSA) is 81.5 Å². The van der Waals surface area contributed by atoms with Crippen LogP contribution >= 0.6 is 0 Å². The lowest BCUT2D eigenvalue weighted by Gasteiger charge is -2.14. The minimum atomic E-state index is -0.171. The van der Waals surface area contributed by atoms with Gasteiger partial charge < -0.3 is 15.5 Å². The molecule has 0 bridgehead atoms. The van der Waals surface area contributed by atoms with E-state index < -0.39 is 0 Å². The summed E-state index contributed by atoms with van der Waals surface area (Å²) in [5, 5.41) is 17.2. The predicted octanol–water partition coefficient (Wildman–Crippen LogP) is 1.68. The molecule has 0 saturated carbocycles. The molecule has 2 aliphatic heterocycles. The molecule has 7 heteroatoms. The first-order valence-corrected chi connectivity index (χ1v) is 7.00. The summed E-state index contributed by atoms with van der Waals surface area (Å²) in [7, 11) is 2.06. The molecule has 3 rings (SSSR count). The van der Waals surface area contributed by atoms with Gasteiger partial charge in [0.15, 0.2) is 0 Å². The number of rotatable bonds is 3. The van der Waals surface area contributed by atoms with E-state index >= 15 is 0 Å². The molecule has 2 amide bonds. The molecule has 1 saturated heterocycles. The number of hydrogen-bond acceptors (Lipinski definition) is 5. The van der Waals surface area contributed by atoms with Crippen LogP contribution in [0, 0.1) is 0 Å². The first kappa shape index (κ1) is 13.7. The van der Waals surface area contributed by atoms with Gasteiger partial charge in [-0.25, -0.2) is 4.79 Å². The van der Waals surface area contributed by atoms with Gasteiger partial charge in [0, 0.05) is 23.8 Å². The number of anilines is 1. The Morgan fingerprint density at radius 2 is 2.33 bits per heavy atom. The van der Waals surface area contributed by atoms with Crippen LogP contribution in [-0.4, -0.2) is 49.4 Å². The Morgan fingerprint density at radius 1 is 1.43 bits per heavy atom. The molecule has 0 radical (unpaired) electrons. The second-order valence-electron chi connectivity index (χ2n) is 5.36. The van der Waals surface area contributed by atoms with Gasteiger partial charge >= 0.3 is 6.03 Å². The number of carbonyl (C=O) groups excluding carboxylic acids is 1. The van der Waals surface area contributed by atoms with Gasteiger partial charge in [0.2, 0.25) is 0 Å². The highest BCUT2D eigenvalue weighted by Gasteiger charge is 2.21. The average Bonchev–Trinajstić information content (AvgIpc) is 3.11. The Bertz CT molecular complexity index is 597. The molecule has 2 heterocycles. The molecule has 1 aromatic carbocycles. The summed E-state index contributed by atoms with van der Waals surface area (Å²) in [6, 6.07) is 7.60. The molecule has 1 atom stereocenters. The minimum absolute atomic E-state index is 0.171. The van der Waals surface area contributed by atoms with Crippen molar-refractivity contribution in [2.45, 2.75) is 12.5 Å². The summed E-state index contributed by atoms with van der Waals surface area (Å²) >= 11 is 0. The van der Waals surface area contributed by atoms with Crippen LogP contribution in [0.3, 0.4) is 0 Å². The third-order valence-electron chi connectivity index (χ3n) is 3.63. The molecule has 0 aliphatic carbocycles. The van der Waals surface area contributed by atoms with E-state index in [-0.39, 0.29) is 12.1 Å². The number of amides is 2. The maximum atomic E-state index is 12.0. The molecule has 1 aromatic rings. The Balaban J connectivity index is 1.59. The summed E-state index contributed by atoms with van der Waals surface area (Å²) in [6.07, 6.45) is 0.990. The van der Waals surface area contributed by atoms with E-state index in [1.54, 1.807) is 0 Å². The molecule has 0 spiro atoms. The molecule has 0 unspecified atom stereocenters. The zero-order valence-electron chi connectivity index (χ0n) is 11.9. The SMILES string of the molecule is CN1CC[C@@H](NC(=O)Nc2cccc(C3=NN=NC3)c2)C1. The van der Waals surface area contributed by atoms with Crippen molar-refractivity contribution in [2.24, 2.45) is 15.4 Å². The lowest BCUT2D eigenvalue weighted by atomic mass is 10.1. The van der Waals surface area contributed by atoms with E-state index in [1.807, 2.05) is 24.3 Å². The highest BCUT2D eigenvalue weighted by atomic mass is 16.2. The van der Waals surface area contributed by atoms with Crippen LogP contribution in [0.5, 0.6) is 0 Å². The first-order valence-electron chi connectivity index (χ1n) is 7.00. The van der Waals surface area contributed by atoms with E-state index in [2.05, 4.69) is 38.0 Å². The Hall–Kier alpha value is -2.28. The summed E-state index contributed by atoms with van der Waals surface area (Å²) in [4.78, 5) is 14.2. The van der Waals surface area contributed by atoms with Crippen LogP contribution < -0.4 is 10.6 Å². The molecule has 2 aliphatic rings. The lowest BCUT2D eigenvalue weighted by Crippen LogP contribution is -2.39. The van der Waals surface area contributed by atoms with E-state index in [0.29, 0.717) is 6.54 Å². The zero-order chi connectivity index (χ0) is 14.7. The Labute approximate surface area is 123 Å². The fourth-order valence-corrected chi connectivity index (χ4v) is 2.55. The first-order chi connectivity index (χ1) is 10.2. The monoisotopic (exact) mass is 286 g/mol. The number of benzene rings is 1. The molecule has 7 nitrogen and oxygen atoms in total. The van der Waals surface area contributed by atoms with Gasteiger partial charge in [-0.15, -0.1) is 5.10 Å². The van der Waals surface area contributed by atoms with Crippen LogP contribution in [-0.2, 0) is 0 Å². The van der Waals surface area contributed by atoms with E-state index in [9.17, 15) is 4.79 Å². The average molecular weight is 286 g/mol. The quantitative estimate of drug-likeness (QED) is 0.886. The van der Waals surface area contributed by atoms with Gasteiger partial charge in [-0.3, -0.25) is 0 Å². The van der Waals surface area contributed by atoms with Crippen molar-refractivity contribution in [3.05, 3.63) is 29.8 Å². The van der Waals surface area contributed by atoms with Gasteiger partial charge in [0.25, 0.3) is 0 Å². The maximum Gasteiger partial charge on any atom is 0.319 e. The second-order valence-corrected chi connectivity index (χ2v) is 5.36. The second kappa shape index (κ2) is 6.01. The van der Waals surface area contributed by atoms with Crippen molar-refractivity contribution in [1.82, 2.24) is 10.2 Å². The summed E-state index contributed by atoms with van der Waals surface area (Å²) < 4.78 is 0. The molecule has 1 fully saturated rings. The summed E-state index contributed by atoms with van der Waals surface area (Å²) in [5.41, 5.74) is 2.49. The number of hydrogen-bond donors (Lipinski definition) is 2. The standard InChI is InChI=1S/C14H18N6O/c1-20-6-5-12(9-20)17-14(21)16-11-4-2-3-10(7-11)13-8-15-19-18-13/h2-4,7,12H,5-6,8-9H2,1H3,(H2,16,17,21)/t12-/m1/s1. The summed E-state index contributed by atoms with van der Waals surface area (Å²) in [5.74, 6) is 0. The van der Waals surface area contributed by atoms with E-state index in [4.69, 9.17) is 0 Å².